The topological polar surface area (TPSA) is 18.5 Å². The van der Waals surface area contributed by atoms with Crippen LogP contribution in [-0.2, 0) is 6.42 Å². The summed E-state index contributed by atoms with van der Waals surface area (Å²) in [4.78, 5) is 0. The highest BCUT2D eigenvalue weighted by Crippen LogP contribution is 2.30. The highest BCUT2D eigenvalue weighted by molar-refractivity contribution is 6.31. The van der Waals surface area contributed by atoms with E-state index >= 15 is 0 Å². The molecule has 0 aliphatic carbocycles. The minimum Gasteiger partial charge on any atom is -0.494 e. The van der Waals surface area contributed by atoms with Gasteiger partial charge in [-0.1, -0.05) is 35.3 Å². The predicted molar refractivity (Wildman–Crippen MR) is 88.0 cm³/mol. The van der Waals surface area contributed by atoms with Crippen LogP contribution in [0.25, 0.3) is 0 Å². The number of hydrogen-bond acceptors (Lipinski definition) is 2. The molecule has 0 saturated carbocycles. The third-order valence-corrected chi connectivity index (χ3v) is 3.51. The van der Waals surface area contributed by atoms with Crippen LogP contribution in [0.5, 0.6) is 11.5 Å². The van der Waals surface area contributed by atoms with Crippen molar-refractivity contribution >= 4 is 23.2 Å². The number of halogens is 2. The van der Waals surface area contributed by atoms with Crippen LogP contribution in [0.1, 0.15) is 25.0 Å². The fraction of sp³-hybridized carbons (Fsp3) is 0.294. The van der Waals surface area contributed by atoms with E-state index in [1.54, 1.807) is 0 Å². The maximum absolute atomic E-state index is 6.04. The van der Waals surface area contributed by atoms with E-state index in [0.717, 1.165) is 22.6 Å². The summed E-state index contributed by atoms with van der Waals surface area (Å²) in [6, 6.07) is 11.4. The molecule has 0 atom stereocenters. The lowest BCUT2D eigenvalue weighted by atomic mass is 10.0. The normalized spacial score (nSPS) is 10.5. The molecule has 0 aliphatic heterocycles. The Balaban J connectivity index is 2.33. The van der Waals surface area contributed by atoms with Crippen molar-refractivity contribution in [3.8, 4) is 11.5 Å². The van der Waals surface area contributed by atoms with Gasteiger partial charge >= 0.3 is 0 Å². The molecule has 4 heteroatoms. The Bertz CT molecular complexity index is 558. The maximum atomic E-state index is 6.04. The zero-order valence-electron chi connectivity index (χ0n) is 12.2. The van der Waals surface area contributed by atoms with Crippen LogP contribution >= 0.6 is 23.2 Å². The number of ether oxygens (including phenoxy) is 2. The van der Waals surface area contributed by atoms with Crippen LogP contribution < -0.4 is 9.47 Å². The summed E-state index contributed by atoms with van der Waals surface area (Å²) in [6.07, 6.45) is 0.707. The molecule has 0 spiro atoms. The molecule has 0 aliphatic rings. The summed E-state index contributed by atoms with van der Waals surface area (Å²) >= 11 is 12.1. The molecule has 0 radical (unpaired) electrons. The Hall–Kier alpha value is -1.38. The molecule has 0 heterocycles. The summed E-state index contributed by atoms with van der Waals surface area (Å²) in [5.74, 6) is 1.62. The van der Waals surface area contributed by atoms with Crippen molar-refractivity contribution in [3.63, 3.8) is 0 Å². The summed E-state index contributed by atoms with van der Waals surface area (Å²) in [7, 11) is 0. The van der Waals surface area contributed by atoms with Gasteiger partial charge in [-0.25, -0.2) is 0 Å². The average Bonchev–Trinajstić information content (AvgIpc) is 2.45. The molecule has 0 unspecified atom stereocenters. The van der Waals surface area contributed by atoms with E-state index < -0.39 is 0 Å². The Kier molecular flexibility index (Phi) is 5.77. The van der Waals surface area contributed by atoms with Gasteiger partial charge in [-0.3, -0.25) is 0 Å². The highest BCUT2D eigenvalue weighted by Gasteiger charge is 2.10. The van der Waals surface area contributed by atoms with Gasteiger partial charge in [0.05, 0.1) is 13.2 Å². The Morgan fingerprint density at radius 3 is 1.57 bits per heavy atom. The minimum absolute atomic E-state index is 0.603. The third kappa shape index (κ3) is 4.29. The standard InChI is InChI=1S/C17H18Cl2O2/c1-3-20-16-10-14(18)7-5-12(16)9-13-6-8-15(19)11-17(13)21-4-2/h5-8,10-11H,3-4,9H2,1-2H3. The van der Waals surface area contributed by atoms with E-state index in [1.165, 1.54) is 0 Å². The molecule has 0 N–H and O–H groups in total. The van der Waals surface area contributed by atoms with E-state index in [0.29, 0.717) is 29.7 Å². The first kappa shape index (κ1) is 16.0. The molecule has 2 aromatic rings. The van der Waals surface area contributed by atoms with Crippen molar-refractivity contribution in [2.45, 2.75) is 20.3 Å². The minimum atomic E-state index is 0.603. The first-order valence-corrected chi connectivity index (χ1v) is 7.72. The second kappa shape index (κ2) is 7.58. The van der Waals surface area contributed by atoms with Crippen LogP contribution in [0.15, 0.2) is 36.4 Å². The fourth-order valence-corrected chi connectivity index (χ4v) is 2.46. The molecule has 0 aromatic heterocycles. The fourth-order valence-electron chi connectivity index (χ4n) is 2.13. The second-order valence-corrected chi connectivity index (χ2v) is 5.42. The smallest absolute Gasteiger partial charge is 0.124 e. The van der Waals surface area contributed by atoms with E-state index in [2.05, 4.69) is 0 Å². The maximum Gasteiger partial charge on any atom is 0.124 e. The predicted octanol–water partition coefficient (Wildman–Crippen LogP) is 5.38. The van der Waals surface area contributed by atoms with Crippen LogP contribution in [0.4, 0.5) is 0 Å². The van der Waals surface area contributed by atoms with Gasteiger partial charge < -0.3 is 9.47 Å². The molecule has 0 amide bonds. The molecule has 0 bridgehead atoms. The van der Waals surface area contributed by atoms with Gasteiger partial charge in [0.2, 0.25) is 0 Å². The number of rotatable bonds is 6. The van der Waals surface area contributed by atoms with Gasteiger partial charge in [0.25, 0.3) is 0 Å². The van der Waals surface area contributed by atoms with E-state index in [-0.39, 0.29) is 0 Å². The largest absolute Gasteiger partial charge is 0.494 e. The zero-order valence-corrected chi connectivity index (χ0v) is 13.7. The summed E-state index contributed by atoms with van der Waals surface area (Å²) in [6.45, 7) is 5.12. The number of benzene rings is 2. The first-order chi connectivity index (χ1) is 10.1. The van der Waals surface area contributed by atoms with E-state index in [1.807, 2.05) is 50.2 Å². The first-order valence-electron chi connectivity index (χ1n) is 6.96. The lowest BCUT2D eigenvalue weighted by Gasteiger charge is -2.14. The van der Waals surface area contributed by atoms with Crippen molar-refractivity contribution < 1.29 is 9.47 Å². The molecule has 112 valence electrons. The molecule has 0 fully saturated rings. The quantitative estimate of drug-likeness (QED) is 0.710. The van der Waals surface area contributed by atoms with Crippen LogP contribution in [0.3, 0.4) is 0 Å². The Labute approximate surface area is 135 Å². The summed E-state index contributed by atoms with van der Waals surface area (Å²) < 4.78 is 11.3. The monoisotopic (exact) mass is 324 g/mol. The molecule has 2 aromatic carbocycles. The molecular formula is C17H18Cl2O2. The van der Waals surface area contributed by atoms with Crippen molar-refractivity contribution in [1.29, 1.82) is 0 Å². The Morgan fingerprint density at radius 2 is 1.19 bits per heavy atom. The molecular weight excluding hydrogens is 307 g/mol. The van der Waals surface area contributed by atoms with E-state index in [4.69, 9.17) is 32.7 Å². The molecule has 0 saturated heterocycles. The van der Waals surface area contributed by atoms with Crippen molar-refractivity contribution in [1.82, 2.24) is 0 Å². The SMILES string of the molecule is CCOc1cc(Cl)ccc1Cc1ccc(Cl)cc1OCC. The second-order valence-electron chi connectivity index (χ2n) is 4.55. The van der Waals surface area contributed by atoms with Gasteiger partial charge in [-0.15, -0.1) is 0 Å². The van der Waals surface area contributed by atoms with Gasteiger partial charge in [0, 0.05) is 16.5 Å². The van der Waals surface area contributed by atoms with Gasteiger partial charge in [0.1, 0.15) is 11.5 Å². The van der Waals surface area contributed by atoms with Crippen LogP contribution in [-0.4, -0.2) is 13.2 Å². The zero-order chi connectivity index (χ0) is 15.2. The van der Waals surface area contributed by atoms with Crippen molar-refractivity contribution in [2.24, 2.45) is 0 Å². The summed E-state index contributed by atoms with van der Waals surface area (Å²) in [5, 5.41) is 1.34. The lowest BCUT2D eigenvalue weighted by Crippen LogP contribution is -2.01. The lowest BCUT2D eigenvalue weighted by molar-refractivity contribution is 0.333. The van der Waals surface area contributed by atoms with Crippen molar-refractivity contribution in [2.75, 3.05) is 13.2 Å². The highest BCUT2D eigenvalue weighted by atomic mass is 35.5. The average molecular weight is 325 g/mol. The van der Waals surface area contributed by atoms with Crippen molar-refractivity contribution in [3.05, 3.63) is 57.6 Å². The number of hydrogen-bond donors (Lipinski definition) is 0. The van der Waals surface area contributed by atoms with Gasteiger partial charge in [-0.05, 0) is 49.2 Å². The Morgan fingerprint density at radius 1 is 0.762 bits per heavy atom. The summed E-state index contributed by atoms with van der Waals surface area (Å²) in [5.41, 5.74) is 2.15. The molecule has 2 nitrogen and oxygen atoms in total. The van der Waals surface area contributed by atoms with Crippen LogP contribution in [0, 0.1) is 0 Å². The molecule has 21 heavy (non-hydrogen) atoms. The van der Waals surface area contributed by atoms with Gasteiger partial charge in [-0.2, -0.15) is 0 Å². The third-order valence-electron chi connectivity index (χ3n) is 3.04. The van der Waals surface area contributed by atoms with Gasteiger partial charge in [0.15, 0.2) is 0 Å². The van der Waals surface area contributed by atoms with Crippen LogP contribution in [0.2, 0.25) is 10.0 Å². The molecule has 2 rings (SSSR count). The van der Waals surface area contributed by atoms with E-state index in [9.17, 15) is 0 Å².